The van der Waals surface area contributed by atoms with Crippen LogP contribution in [0, 0.1) is 5.92 Å². The molecule has 0 spiro atoms. The van der Waals surface area contributed by atoms with Gasteiger partial charge >= 0.3 is 6.18 Å². The van der Waals surface area contributed by atoms with E-state index in [1.807, 2.05) is 0 Å². The Kier molecular flexibility index (Phi) is 8.31. The number of hydrogen-bond acceptors (Lipinski definition) is 9. The maximum atomic E-state index is 13.3. The Balaban J connectivity index is 1.30. The number of rotatable bonds is 8. The maximum absolute atomic E-state index is 13.3. The fraction of sp³-hybridized carbons (Fsp3) is 0.500. The van der Waals surface area contributed by atoms with Gasteiger partial charge in [0.1, 0.15) is 15.9 Å². The summed E-state index contributed by atoms with van der Waals surface area (Å²) in [4.78, 5) is 32.3. The van der Waals surface area contributed by atoms with Gasteiger partial charge in [-0.15, -0.1) is 22.7 Å². The van der Waals surface area contributed by atoms with Crippen molar-refractivity contribution in [3.63, 3.8) is 0 Å². The minimum absolute atomic E-state index is 0.0250. The van der Waals surface area contributed by atoms with Crippen LogP contribution >= 0.6 is 22.7 Å². The number of hydrogen-bond donors (Lipinski definition) is 1. The molecule has 1 aliphatic heterocycles. The number of nitrogens with zero attached hydrogens (tertiary/aromatic N) is 4. The molecule has 5 rings (SSSR count). The summed E-state index contributed by atoms with van der Waals surface area (Å²) in [6, 6.07) is 2.55. The molecule has 40 heavy (non-hydrogen) atoms. The number of aromatic nitrogens is 2. The number of carbonyl (C=O) groups is 2. The lowest BCUT2D eigenvalue weighted by Gasteiger charge is -2.39. The highest BCUT2D eigenvalue weighted by molar-refractivity contribution is 7.91. The zero-order chi connectivity index (χ0) is 28.5. The zero-order valence-electron chi connectivity index (χ0n) is 21.1. The molecular weight excluding hydrogens is 591 g/mol. The van der Waals surface area contributed by atoms with Crippen LogP contribution in [-0.4, -0.2) is 65.3 Å². The van der Waals surface area contributed by atoms with Gasteiger partial charge in [0.25, 0.3) is 10.0 Å². The Morgan fingerprint density at radius 3 is 2.62 bits per heavy atom. The number of alkyl halides is 3. The molecule has 1 aliphatic carbocycles. The van der Waals surface area contributed by atoms with E-state index in [4.69, 9.17) is 0 Å². The highest BCUT2D eigenvalue weighted by Crippen LogP contribution is 2.36. The predicted octanol–water partition coefficient (Wildman–Crippen LogP) is 4.69. The monoisotopic (exact) mass is 617 g/mol. The van der Waals surface area contributed by atoms with Gasteiger partial charge in [-0.3, -0.25) is 9.59 Å². The van der Waals surface area contributed by atoms with E-state index >= 15 is 0 Å². The van der Waals surface area contributed by atoms with Crippen molar-refractivity contribution in [2.45, 2.75) is 55.0 Å². The van der Waals surface area contributed by atoms with E-state index in [1.54, 1.807) is 11.6 Å². The van der Waals surface area contributed by atoms with Gasteiger partial charge in [0.15, 0.2) is 5.13 Å². The molecular formula is C24H26F3N5O5S3. The molecule has 2 amide bonds. The summed E-state index contributed by atoms with van der Waals surface area (Å²) in [6.45, 7) is -0.462. The van der Waals surface area contributed by atoms with Crippen LogP contribution in [0.5, 0.6) is 0 Å². The molecule has 1 saturated heterocycles. The molecule has 0 bridgehead atoms. The van der Waals surface area contributed by atoms with Crippen LogP contribution in [0.15, 0.2) is 38.5 Å². The van der Waals surface area contributed by atoms with E-state index in [-0.39, 0.29) is 39.7 Å². The second-order valence-corrected chi connectivity index (χ2v) is 13.8. The number of carbonyl (C=O) groups excluding carboxylic acids is 2. The van der Waals surface area contributed by atoms with E-state index in [2.05, 4.69) is 20.0 Å². The lowest BCUT2D eigenvalue weighted by atomic mass is 9.84. The predicted molar refractivity (Wildman–Crippen MR) is 141 cm³/mol. The SMILES string of the molecule is O=C(Nc1nccs1)C(CC1CCCCC1)N1CCN(S(=O)(=O)c2ccc(-c3cc(C(F)(F)F)on3)s2)CC1=O. The lowest BCUT2D eigenvalue weighted by Crippen LogP contribution is -2.58. The van der Waals surface area contributed by atoms with Crippen molar-refractivity contribution in [1.29, 1.82) is 0 Å². The third-order valence-electron chi connectivity index (χ3n) is 7.06. The van der Waals surface area contributed by atoms with Crippen LogP contribution in [0.1, 0.15) is 44.3 Å². The molecule has 1 N–H and O–H groups in total. The van der Waals surface area contributed by atoms with E-state index in [0.717, 1.165) is 47.7 Å². The first-order chi connectivity index (χ1) is 19.0. The van der Waals surface area contributed by atoms with Crippen molar-refractivity contribution in [1.82, 2.24) is 19.3 Å². The normalized spacial score (nSPS) is 18.7. The topological polar surface area (TPSA) is 126 Å². The molecule has 1 saturated carbocycles. The second kappa shape index (κ2) is 11.6. The Hall–Kier alpha value is -2.82. The number of anilines is 1. The molecule has 2 aliphatic rings. The molecule has 3 aromatic rings. The fourth-order valence-corrected chi connectivity index (χ4v) is 8.36. The summed E-state index contributed by atoms with van der Waals surface area (Å²) in [6.07, 6.45) is 2.57. The molecule has 2 fully saturated rings. The molecule has 16 heteroatoms. The number of thiazole rings is 1. The summed E-state index contributed by atoms with van der Waals surface area (Å²) in [7, 11) is -4.13. The quantitative estimate of drug-likeness (QED) is 0.389. The number of halogens is 3. The van der Waals surface area contributed by atoms with Crippen molar-refractivity contribution >= 4 is 49.6 Å². The Labute approximate surface area is 236 Å². The highest BCUT2D eigenvalue weighted by atomic mass is 32.2. The summed E-state index contributed by atoms with van der Waals surface area (Å²) in [5.41, 5.74) is -0.142. The highest BCUT2D eigenvalue weighted by Gasteiger charge is 2.40. The molecule has 216 valence electrons. The Morgan fingerprint density at radius 2 is 1.98 bits per heavy atom. The number of thiophene rings is 1. The zero-order valence-corrected chi connectivity index (χ0v) is 23.5. The van der Waals surface area contributed by atoms with Gasteiger partial charge in [-0.25, -0.2) is 13.4 Å². The first kappa shape index (κ1) is 28.7. The van der Waals surface area contributed by atoms with E-state index in [9.17, 15) is 31.2 Å². The Morgan fingerprint density at radius 1 is 1.20 bits per heavy atom. The number of sulfonamides is 1. The minimum Gasteiger partial charge on any atom is -0.351 e. The van der Waals surface area contributed by atoms with Gasteiger partial charge in [0.05, 0.1) is 11.4 Å². The van der Waals surface area contributed by atoms with Crippen molar-refractivity contribution in [2.24, 2.45) is 5.92 Å². The van der Waals surface area contributed by atoms with Crippen LogP contribution in [-0.2, 0) is 25.8 Å². The van der Waals surface area contributed by atoms with Crippen molar-refractivity contribution in [2.75, 3.05) is 25.0 Å². The lowest BCUT2D eigenvalue weighted by molar-refractivity contribution is -0.155. The van der Waals surface area contributed by atoms with Gasteiger partial charge in [0.2, 0.25) is 17.6 Å². The largest absolute Gasteiger partial charge is 0.452 e. The third kappa shape index (κ3) is 6.24. The molecule has 4 heterocycles. The summed E-state index contributed by atoms with van der Waals surface area (Å²) >= 11 is 2.00. The molecule has 10 nitrogen and oxygen atoms in total. The van der Waals surface area contributed by atoms with Gasteiger partial charge in [0, 0.05) is 30.7 Å². The summed E-state index contributed by atoms with van der Waals surface area (Å²) in [5, 5.41) is 8.34. The first-order valence-corrected chi connectivity index (χ1v) is 15.8. The van der Waals surface area contributed by atoms with Gasteiger partial charge in [-0.2, -0.15) is 17.5 Å². The van der Waals surface area contributed by atoms with Gasteiger partial charge in [-0.05, 0) is 24.5 Å². The average molecular weight is 618 g/mol. The third-order valence-corrected chi connectivity index (χ3v) is 11.2. The van der Waals surface area contributed by atoms with Crippen molar-refractivity contribution in [3.05, 3.63) is 35.5 Å². The van der Waals surface area contributed by atoms with E-state index in [0.29, 0.717) is 17.6 Å². The number of nitrogens with one attached hydrogen (secondary N) is 1. The minimum atomic E-state index is -4.72. The smallest absolute Gasteiger partial charge is 0.351 e. The standard InChI is InChI=1S/C24H26F3N5O5S3/c25-24(26,27)19-13-16(30-37-19)18-6-7-21(39-18)40(35,36)31-9-10-32(20(33)14-31)17(12-15-4-2-1-3-5-15)22(34)29-23-28-8-11-38-23/h6-8,11,13,15,17H,1-5,9-10,12,14H2,(H,28,29,34). The van der Waals surface area contributed by atoms with Crippen LogP contribution < -0.4 is 5.32 Å². The van der Waals surface area contributed by atoms with Crippen molar-refractivity contribution < 1.29 is 35.7 Å². The van der Waals surface area contributed by atoms with E-state index in [1.165, 1.54) is 28.4 Å². The Bertz CT molecular complexity index is 1450. The van der Waals surface area contributed by atoms with Gasteiger partial charge in [-0.1, -0.05) is 37.3 Å². The summed E-state index contributed by atoms with van der Waals surface area (Å²) in [5.74, 6) is -1.84. The van der Waals surface area contributed by atoms with Crippen molar-refractivity contribution in [3.8, 4) is 10.6 Å². The molecule has 1 atom stereocenters. The average Bonchev–Trinajstić information content (AvgIpc) is 3.69. The molecule has 1 unspecified atom stereocenters. The second-order valence-electron chi connectivity index (χ2n) is 9.70. The summed E-state index contributed by atoms with van der Waals surface area (Å²) < 4.78 is 70.5. The van der Waals surface area contributed by atoms with Gasteiger partial charge < -0.3 is 14.7 Å². The fourth-order valence-electron chi connectivity index (χ4n) is 5.04. The van der Waals surface area contributed by atoms with Crippen LogP contribution in [0.3, 0.4) is 0 Å². The number of piperazine rings is 1. The maximum Gasteiger partial charge on any atom is 0.452 e. The number of amides is 2. The van der Waals surface area contributed by atoms with Crippen LogP contribution in [0.25, 0.3) is 10.6 Å². The molecule has 3 aromatic heterocycles. The van der Waals surface area contributed by atoms with Crippen LogP contribution in [0.4, 0.5) is 18.3 Å². The first-order valence-electron chi connectivity index (χ1n) is 12.7. The molecule has 0 radical (unpaired) electrons. The van der Waals surface area contributed by atoms with Crippen LogP contribution in [0.2, 0.25) is 0 Å². The van der Waals surface area contributed by atoms with E-state index < -0.39 is 40.5 Å². The molecule has 0 aromatic carbocycles.